The zero-order valence-electron chi connectivity index (χ0n) is 10.4. The van der Waals surface area contributed by atoms with Crippen LogP contribution in [0.4, 0.5) is 0 Å². The summed E-state index contributed by atoms with van der Waals surface area (Å²) < 4.78 is 4.66. The molecule has 0 aromatic carbocycles. The Morgan fingerprint density at radius 2 is 1.57 bits per heavy atom. The fourth-order valence-electron chi connectivity index (χ4n) is 0.784. The van der Waals surface area contributed by atoms with Gasteiger partial charge in [-0.1, -0.05) is 53.4 Å². The number of esters is 1. The highest BCUT2D eigenvalue weighted by atomic mass is 16.5. The summed E-state index contributed by atoms with van der Waals surface area (Å²) in [5.74, 6) is 0.248. The molecule has 0 aliphatic rings. The van der Waals surface area contributed by atoms with Gasteiger partial charge in [0.1, 0.15) is 0 Å². The highest BCUT2D eigenvalue weighted by Gasteiger charge is 1.94. The lowest BCUT2D eigenvalue weighted by atomic mass is 10.2. The van der Waals surface area contributed by atoms with Crippen LogP contribution >= 0.6 is 0 Å². The molecule has 0 saturated carbocycles. The van der Waals surface area contributed by atoms with Crippen molar-refractivity contribution in [2.45, 2.75) is 60.3 Å². The van der Waals surface area contributed by atoms with Gasteiger partial charge in [0.2, 0.25) is 0 Å². The van der Waals surface area contributed by atoms with E-state index in [-0.39, 0.29) is 5.97 Å². The van der Waals surface area contributed by atoms with E-state index in [1.165, 1.54) is 32.6 Å². The molecular weight excluding hydrogens is 176 g/mol. The molecule has 0 aromatic heterocycles. The lowest BCUT2D eigenvalue weighted by molar-refractivity contribution is -0.141. The minimum absolute atomic E-state index is 0.196. The van der Waals surface area contributed by atoms with Crippen LogP contribution in [0, 0.1) is 5.92 Å². The van der Waals surface area contributed by atoms with Crippen molar-refractivity contribution in [2.24, 2.45) is 5.92 Å². The predicted octanol–water partition coefficient (Wildman–Crippen LogP) is 3.79. The zero-order valence-corrected chi connectivity index (χ0v) is 10.4. The van der Waals surface area contributed by atoms with E-state index < -0.39 is 0 Å². The van der Waals surface area contributed by atoms with Crippen molar-refractivity contribution in [3.05, 3.63) is 0 Å². The first-order valence-electron chi connectivity index (χ1n) is 5.67. The fourth-order valence-corrected chi connectivity index (χ4v) is 0.784. The van der Waals surface area contributed by atoms with Crippen LogP contribution in [0.15, 0.2) is 0 Å². The maximum Gasteiger partial charge on any atom is 0.302 e. The zero-order chi connectivity index (χ0) is 11.4. The summed E-state index contributed by atoms with van der Waals surface area (Å²) >= 11 is 0. The molecule has 0 spiro atoms. The molecule has 0 saturated heterocycles. The molecule has 0 N–H and O–H groups in total. The number of hydrogen-bond acceptors (Lipinski definition) is 2. The summed E-state index contributed by atoms with van der Waals surface area (Å²) in [4.78, 5) is 10.1. The summed E-state index contributed by atoms with van der Waals surface area (Å²) in [5.41, 5.74) is 0. The lowest BCUT2D eigenvalue weighted by Gasteiger charge is -2.02. The summed E-state index contributed by atoms with van der Waals surface area (Å²) in [6.45, 7) is 10.4. The maximum atomic E-state index is 10.1. The average Bonchev–Trinajstić information content (AvgIpc) is 2.12. The largest absolute Gasteiger partial charge is 0.466 e. The van der Waals surface area contributed by atoms with Crippen LogP contribution in [0.1, 0.15) is 60.3 Å². The molecule has 0 aromatic rings. The van der Waals surface area contributed by atoms with Gasteiger partial charge >= 0.3 is 5.97 Å². The molecule has 0 rings (SSSR count). The van der Waals surface area contributed by atoms with Crippen molar-refractivity contribution in [3.8, 4) is 0 Å². The first-order valence-corrected chi connectivity index (χ1v) is 5.67. The molecule has 0 aliphatic heterocycles. The van der Waals surface area contributed by atoms with Gasteiger partial charge in [0.05, 0.1) is 6.61 Å². The van der Waals surface area contributed by atoms with E-state index in [2.05, 4.69) is 18.6 Å². The second-order valence-electron chi connectivity index (χ2n) is 3.90. The van der Waals surface area contributed by atoms with E-state index in [1.54, 1.807) is 0 Å². The van der Waals surface area contributed by atoms with Gasteiger partial charge in [-0.3, -0.25) is 4.79 Å². The van der Waals surface area contributed by atoms with Gasteiger partial charge in [0.15, 0.2) is 0 Å². The molecule has 0 aliphatic carbocycles. The molecule has 0 radical (unpaired) electrons. The summed E-state index contributed by atoms with van der Waals surface area (Å²) in [7, 11) is 0. The highest BCUT2D eigenvalue weighted by molar-refractivity contribution is 5.65. The molecule has 0 atom stereocenters. The number of unbranched alkanes of at least 4 members (excludes halogenated alkanes) is 3. The van der Waals surface area contributed by atoms with Gasteiger partial charge in [0, 0.05) is 6.92 Å². The van der Waals surface area contributed by atoms with Crippen molar-refractivity contribution in [1.82, 2.24) is 0 Å². The quantitative estimate of drug-likeness (QED) is 0.501. The topological polar surface area (TPSA) is 26.3 Å². The second kappa shape index (κ2) is 12.5. The molecule has 0 heterocycles. The first-order chi connectivity index (χ1) is 6.54. The Morgan fingerprint density at radius 3 is 1.71 bits per heavy atom. The van der Waals surface area contributed by atoms with E-state index in [4.69, 9.17) is 0 Å². The van der Waals surface area contributed by atoms with Crippen molar-refractivity contribution >= 4 is 5.97 Å². The Labute approximate surface area is 89.0 Å². The number of rotatable bonds is 5. The van der Waals surface area contributed by atoms with Gasteiger partial charge in [-0.2, -0.15) is 0 Å². The molecule has 0 amide bonds. The van der Waals surface area contributed by atoms with Crippen LogP contribution in [0.2, 0.25) is 0 Å². The lowest BCUT2D eigenvalue weighted by Crippen LogP contribution is -2.05. The van der Waals surface area contributed by atoms with Crippen LogP contribution in [-0.4, -0.2) is 12.6 Å². The van der Waals surface area contributed by atoms with E-state index in [0.717, 1.165) is 0 Å². The molecule has 2 heteroatoms. The normalized spacial score (nSPS) is 9.29. The smallest absolute Gasteiger partial charge is 0.302 e. The Bertz CT molecular complexity index is 115. The van der Waals surface area contributed by atoms with Crippen LogP contribution in [0.5, 0.6) is 0 Å². The van der Waals surface area contributed by atoms with Gasteiger partial charge in [-0.15, -0.1) is 0 Å². The van der Waals surface area contributed by atoms with E-state index in [1.807, 2.05) is 13.8 Å². The van der Waals surface area contributed by atoms with Gasteiger partial charge < -0.3 is 4.74 Å². The molecule has 0 unspecified atom stereocenters. The van der Waals surface area contributed by atoms with Crippen LogP contribution in [-0.2, 0) is 9.53 Å². The Balaban J connectivity index is 0. The molecule has 14 heavy (non-hydrogen) atoms. The van der Waals surface area contributed by atoms with Gasteiger partial charge in [0.25, 0.3) is 0 Å². The van der Waals surface area contributed by atoms with Gasteiger partial charge in [-0.05, 0) is 5.92 Å². The minimum Gasteiger partial charge on any atom is -0.466 e. The predicted molar refractivity (Wildman–Crippen MR) is 61.3 cm³/mol. The highest BCUT2D eigenvalue weighted by Crippen LogP contribution is 1.95. The Kier molecular flexibility index (Phi) is 14.2. The molecule has 0 fully saturated rings. The third kappa shape index (κ3) is 22.5. The minimum atomic E-state index is -0.196. The second-order valence-corrected chi connectivity index (χ2v) is 3.90. The number of ether oxygens (including phenoxy) is 1. The number of hydrogen-bond donors (Lipinski definition) is 0. The summed E-state index contributed by atoms with van der Waals surface area (Å²) in [6.07, 6.45) is 5.54. The van der Waals surface area contributed by atoms with Crippen LogP contribution in [0.25, 0.3) is 0 Å². The Hall–Kier alpha value is -0.530. The Morgan fingerprint density at radius 1 is 1.14 bits per heavy atom. The maximum absolute atomic E-state index is 10.1. The third-order valence-electron chi connectivity index (χ3n) is 1.58. The SMILES string of the molecule is CC(=O)OCC(C)C.CCCCCC. The van der Waals surface area contributed by atoms with Gasteiger partial charge in [-0.25, -0.2) is 0 Å². The monoisotopic (exact) mass is 202 g/mol. The molecule has 0 bridgehead atoms. The standard InChI is InChI=1S/C6H12O2.C6H14/c1-5(2)4-8-6(3)7;1-3-5-6-4-2/h5H,4H2,1-3H3;3-6H2,1-2H3. The third-order valence-corrected chi connectivity index (χ3v) is 1.58. The summed E-state index contributed by atoms with van der Waals surface area (Å²) in [5, 5.41) is 0. The molecule has 86 valence electrons. The van der Waals surface area contributed by atoms with Crippen LogP contribution < -0.4 is 0 Å². The van der Waals surface area contributed by atoms with Crippen molar-refractivity contribution < 1.29 is 9.53 Å². The van der Waals surface area contributed by atoms with Crippen molar-refractivity contribution in [3.63, 3.8) is 0 Å². The number of carbonyl (C=O) groups is 1. The van der Waals surface area contributed by atoms with E-state index in [0.29, 0.717) is 12.5 Å². The number of carbonyl (C=O) groups excluding carboxylic acids is 1. The van der Waals surface area contributed by atoms with E-state index >= 15 is 0 Å². The fraction of sp³-hybridized carbons (Fsp3) is 0.917. The van der Waals surface area contributed by atoms with Crippen molar-refractivity contribution in [1.29, 1.82) is 0 Å². The molecule has 2 nitrogen and oxygen atoms in total. The van der Waals surface area contributed by atoms with Crippen molar-refractivity contribution in [2.75, 3.05) is 6.61 Å². The van der Waals surface area contributed by atoms with E-state index in [9.17, 15) is 4.79 Å². The summed E-state index contributed by atoms with van der Waals surface area (Å²) in [6, 6.07) is 0. The first kappa shape index (κ1) is 15.9. The average molecular weight is 202 g/mol. The molecular formula is C12H26O2. The van der Waals surface area contributed by atoms with Crippen LogP contribution in [0.3, 0.4) is 0 Å².